The Bertz CT molecular complexity index is 1130. The number of hydrogen-bond donors (Lipinski definition) is 1. The number of carboxylic acid groups (broad SMARTS) is 1. The maximum atomic E-state index is 12.8. The molecule has 0 atom stereocenters. The van der Waals surface area contributed by atoms with E-state index in [0.29, 0.717) is 12.1 Å². The summed E-state index contributed by atoms with van der Waals surface area (Å²) in [6.45, 7) is 3.36. The Hall–Kier alpha value is -2.36. The predicted molar refractivity (Wildman–Crippen MR) is 120 cm³/mol. The Morgan fingerprint density at radius 3 is 2.62 bits per heavy atom. The lowest BCUT2D eigenvalue weighted by Gasteiger charge is -2.27. The molecule has 4 rings (SSSR count). The average molecular weight is 479 g/mol. The number of thiazole rings is 1. The minimum atomic E-state index is -4.34. The van der Waals surface area contributed by atoms with Gasteiger partial charge in [-0.1, -0.05) is 18.2 Å². The van der Waals surface area contributed by atoms with E-state index in [-0.39, 0.29) is 6.54 Å². The molecule has 0 radical (unpaired) electrons. The summed E-state index contributed by atoms with van der Waals surface area (Å²) in [5.74, 6) is -0.0788. The van der Waals surface area contributed by atoms with Gasteiger partial charge in [0.15, 0.2) is 0 Å². The van der Waals surface area contributed by atoms with E-state index >= 15 is 0 Å². The molecule has 0 unspecified atom stereocenters. The largest absolute Gasteiger partial charge is 0.480 e. The zero-order valence-electron chi connectivity index (χ0n) is 17.3. The lowest BCUT2D eigenvalue weighted by Crippen LogP contribution is -2.34. The zero-order chi connectivity index (χ0) is 22.9. The monoisotopic (exact) mass is 478 g/mol. The van der Waals surface area contributed by atoms with Crippen molar-refractivity contribution in [2.45, 2.75) is 36.7 Å². The predicted octanol–water partition coefficient (Wildman–Crippen LogP) is 5.87. The third-order valence-corrected chi connectivity index (χ3v) is 7.76. The van der Waals surface area contributed by atoms with Gasteiger partial charge in [0.25, 0.3) is 0 Å². The number of benzene rings is 2. The highest BCUT2D eigenvalue weighted by Gasteiger charge is 2.30. The van der Waals surface area contributed by atoms with Crippen LogP contribution in [-0.2, 0) is 29.7 Å². The molecule has 9 heteroatoms. The molecule has 1 aromatic heterocycles. The first-order chi connectivity index (χ1) is 15.2. The molecular formula is C23H21F3N2O2S2. The third kappa shape index (κ3) is 5.33. The number of aliphatic carboxylic acids is 1. The molecule has 0 bridgehead atoms. The van der Waals surface area contributed by atoms with Gasteiger partial charge in [0.05, 0.1) is 17.8 Å². The lowest BCUT2D eigenvalue weighted by atomic mass is 10.00. The summed E-state index contributed by atoms with van der Waals surface area (Å²) >= 11 is 3.20. The van der Waals surface area contributed by atoms with Crippen LogP contribution < -0.4 is 0 Å². The number of halogens is 3. The molecule has 1 aliphatic rings. The van der Waals surface area contributed by atoms with Crippen LogP contribution in [0.4, 0.5) is 13.2 Å². The number of nitrogens with zero attached hydrogens (tertiary/aromatic N) is 2. The maximum Gasteiger partial charge on any atom is 0.416 e. The van der Waals surface area contributed by atoms with Gasteiger partial charge in [-0.15, -0.1) is 23.1 Å². The highest BCUT2D eigenvalue weighted by atomic mass is 32.2. The van der Waals surface area contributed by atoms with E-state index in [9.17, 15) is 18.0 Å². The highest BCUT2D eigenvalue weighted by Crippen LogP contribution is 2.35. The molecule has 0 saturated carbocycles. The van der Waals surface area contributed by atoms with Crippen LogP contribution >= 0.6 is 23.1 Å². The molecule has 1 N–H and O–H groups in total. The smallest absolute Gasteiger partial charge is 0.416 e. The minimum Gasteiger partial charge on any atom is -0.480 e. The van der Waals surface area contributed by atoms with E-state index in [1.54, 1.807) is 11.8 Å². The van der Waals surface area contributed by atoms with E-state index in [0.717, 1.165) is 51.3 Å². The van der Waals surface area contributed by atoms with Gasteiger partial charge < -0.3 is 5.11 Å². The second-order valence-corrected chi connectivity index (χ2v) is 9.81. The van der Waals surface area contributed by atoms with Crippen LogP contribution in [0, 0.1) is 6.92 Å². The van der Waals surface area contributed by atoms with Crippen LogP contribution in [0.2, 0.25) is 0 Å². The van der Waals surface area contributed by atoms with Crippen LogP contribution in [0.25, 0.3) is 10.6 Å². The summed E-state index contributed by atoms with van der Waals surface area (Å²) in [5.41, 5.74) is 3.33. The fraction of sp³-hybridized carbons (Fsp3) is 0.304. The van der Waals surface area contributed by atoms with E-state index < -0.39 is 17.7 Å². The quantitative estimate of drug-likeness (QED) is 0.449. The number of carbonyl (C=O) groups is 1. The topological polar surface area (TPSA) is 53.4 Å². The van der Waals surface area contributed by atoms with E-state index in [4.69, 9.17) is 5.11 Å². The van der Waals surface area contributed by atoms with Crippen molar-refractivity contribution in [3.05, 3.63) is 69.7 Å². The molecule has 0 saturated heterocycles. The number of aryl methyl sites for hydroxylation is 1. The molecule has 0 fully saturated rings. The highest BCUT2D eigenvalue weighted by molar-refractivity contribution is 7.98. The van der Waals surface area contributed by atoms with Gasteiger partial charge in [0.1, 0.15) is 5.01 Å². The number of aromatic nitrogens is 1. The summed E-state index contributed by atoms with van der Waals surface area (Å²) < 4.78 is 38.4. The fourth-order valence-corrected chi connectivity index (χ4v) is 5.81. The number of fused-ring (bicyclic) bond motifs is 1. The van der Waals surface area contributed by atoms with Gasteiger partial charge in [0.2, 0.25) is 0 Å². The van der Waals surface area contributed by atoms with Gasteiger partial charge in [-0.2, -0.15) is 13.2 Å². The normalized spacial score (nSPS) is 14.4. The van der Waals surface area contributed by atoms with Crippen LogP contribution in [0.1, 0.15) is 27.3 Å². The Morgan fingerprint density at radius 2 is 1.94 bits per heavy atom. The van der Waals surface area contributed by atoms with E-state index in [1.165, 1.54) is 34.6 Å². The number of rotatable bonds is 6. The first-order valence-corrected chi connectivity index (χ1v) is 11.8. The average Bonchev–Trinajstić information content (AvgIpc) is 3.12. The molecule has 32 heavy (non-hydrogen) atoms. The van der Waals surface area contributed by atoms with Crippen LogP contribution in [0.15, 0.2) is 47.4 Å². The number of carboxylic acids is 1. The van der Waals surface area contributed by atoms with Crippen molar-refractivity contribution < 1.29 is 23.1 Å². The fourth-order valence-electron chi connectivity index (χ4n) is 3.64. The van der Waals surface area contributed by atoms with Crippen molar-refractivity contribution >= 4 is 29.1 Å². The van der Waals surface area contributed by atoms with Crippen molar-refractivity contribution in [1.82, 2.24) is 9.88 Å². The molecule has 4 nitrogen and oxygen atoms in total. The summed E-state index contributed by atoms with van der Waals surface area (Å²) in [7, 11) is 0. The van der Waals surface area contributed by atoms with E-state index in [2.05, 4.69) is 23.2 Å². The third-order valence-electron chi connectivity index (χ3n) is 5.35. The van der Waals surface area contributed by atoms with Crippen molar-refractivity contribution in [2.24, 2.45) is 0 Å². The van der Waals surface area contributed by atoms with Crippen LogP contribution in [0.3, 0.4) is 0 Å². The lowest BCUT2D eigenvalue weighted by molar-refractivity contribution is -0.139. The number of hydrogen-bond acceptors (Lipinski definition) is 5. The van der Waals surface area contributed by atoms with Crippen LogP contribution in [0.5, 0.6) is 0 Å². The van der Waals surface area contributed by atoms with Crippen LogP contribution in [-0.4, -0.2) is 34.0 Å². The molecule has 0 amide bonds. The Kier molecular flexibility index (Phi) is 6.60. The molecular weight excluding hydrogens is 457 g/mol. The van der Waals surface area contributed by atoms with Gasteiger partial charge in [-0.05, 0) is 48.7 Å². The van der Waals surface area contributed by atoms with Crippen molar-refractivity contribution in [2.75, 3.05) is 13.1 Å². The van der Waals surface area contributed by atoms with Gasteiger partial charge in [0, 0.05) is 34.2 Å². The van der Waals surface area contributed by atoms with Crippen molar-refractivity contribution in [3.63, 3.8) is 0 Å². The molecule has 2 aromatic carbocycles. The molecule has 2 heterocycles. The maximum absolute atomic E-state index is 12.8. The van der Waals surface area contributed by atoms with Gasteiger partial charge >= 0.3 is 12.1 Å². The zero-order valence-corrected chi connectivity index (χ0v) is 18.9. The second kappa shape index (κ2) is 9.25. The standard InChI is InChI=1S/C23H21F3N2O2S2/c1-14-20(32-22(27-14)15-2-5-18(6-3-15)23(24,25)26)13-31-19-7-4-17-11-28(12-21(29)30)9-8-16(17)10-19/h2-7,10H,8-9,11-13H2,1H3,(H,29,30). The Balaban J connectivity index is 1.42. The Labute approximate surface area is 192 Å². The molecule has 0 spiro atoms. The SMILES string of the molecule is Cc1nc(-c2ccc(C(F)(F)F)cc2)sc1CSc1ccc2c(c1)CCN(CC(=O)O)C2. The Morgan fingerprint density at radius 1 is 1.19 bits per heavy atom. The number of alkyl halides is 3. The van der Waals surface area contributed by atoms with Crippen molar-refractivity contribution in [3.8, 4) is 10.6 Å². The molecule has 3 aromatic rings. The number of thioether (sulfide) groups is 1. The van der Waals surface area contributed by atoms with Crippen molar-refractivity contribution in [1.29, 1.82) is 0 Å². The molecule has 1 aliphatic heterocycles. The minimum absolute atomic E-state index is 0.0574. The molecule has 0 aliphatic carbocycles. The second-order valence-electron chi connectivity index (χ2n) is 7.68. The summed E-state index contributed by atoms with van der Waals surface area (Å²) in [4.78, 5) is 19.7. The van der Waals surface area contributed by atoms with E-state index in [1.807, 2.05) is 11.8 Å². The molecule has 168 valence electrons. The first kappa shape index (κ1) is 22.8. The van der Waals surface area contributed by atoms with Gasteiger partial charge in [-0.25, -0.2) is 4.98 Å². The summed E-state index contributed by atoms with van der Waals surface area (Å²) in [6.07, 6.45) is -3.52. The first-order valence-electron chi connectivity index (χ1n) is 10.0. The summed E-state index contributed by atoms with van der Waals surface area (Å²) in [6, 6.07) is 11.4. The van der Waals surface area contributed by atoms with Gasteiger partial charge in [-0.3, -0.25) is 9.69 Å². The summed E-state index contributed by atoms with van der Waals surface area (Å²) in [5, 5.41) is 9.70.